The zero-order valence-corrected chi connectivity index (χ0v) is 21.8. The summed E-state index contributed by atoms with van der Waals surface area (Å²) in [4.78, 5) is 23.2. The lowest BCUT2D eigenvalue weighted by Gasteiger charge is -2.26. The molecule has 1 N–H and O–H groups in total. The highest BCUT2D eigenvalue weighted by Gasteiger charge is 2.53. The summed E-state index contributed by atoms with van der Waals surface area (Å²) < 4.78 is 52.1. The normalized spacial score (nSPS) is 26.0. The topological polar surface area (TPSA) is 111 Å². The predicted octanol–water partition coefficient (Wildman–Crippen LogP) is 4.67. The molecule has 1 amide bonds. The highest BCUT2D eigenvalue weighted by molar-refractivity contribution is 7.92. The van der Waals surface area contributed by atoms with E-state index in [0.717, 1.165) is 38.2 Å². The van der Waals surface area contributed by atoms with Gasteiger partial charge in [-0.1, -0.05) is 6.42 Å². The number of nitrogens with zero attached hydrogens (tertiary/aromatic N) is 3. The van der Waals surface area contributed by atoms with Crippen molar-refractivity contribution in [3.63, 3.8) is 0 Å². The van der Waals surface area contributed by atoms with Gasteiger partial charge < -0.3 is 14.8 Å². The number of nitrogens with one attached hydrogen (secondary N) is 1. The summed E-state index contributed by atoms with van der Waals surface area (Å²) in [5.41, 5.74) is 0.381. The molecule has 0 radical (unpaired) electrons. The Kier molecular flexibility index (Phi) is 5.81. The van der Waals surface area contributed by atoms with Crippen molar-refractivity contribution in [2.45, 2.75) is 99.1 Å². The molecule has 9 nitrogen and oxygen atoms in total. The van der Waals surface area contributed by atoms with Crippen LogP contribution in [0.2, 0.25) is 0 Å². The highest BCUT2D eigenvalue weighted by atomic mass is 32.2. The molecular formula is C26H31FN4O5S. The van der Waals surface area contributed by atoms with Gasteiger partial charge in [-0.25, -0.2) is 27.6 Å². The van der Waals surface area contributed by atoms with Crippen molar-refractivity contribution < 1.29 is 27.1 Å². The van der Waals surface area contributed by atoms with Gasteiger partial charge in [-0.3, -0.25) is 4.90 Å². The second kappa shape index (κ2) is 8.82. The molecule has 0 spiro atoms. The van der Waals surface area contributed by atoms with Gasteiger partial charge in [-0.15, -0.1) is 0 Å². The minimum Gasteiger partial charge on any atom is -0.472 e. The largest absolute Gasteiger partial charge is 0.472 e. The Labute approximate surface area is 215 Å². The van der Waals surface area contributed by atoms with Crippen molar-refractivity contribution >= 4 is 27.4 Å². The summed E-state index contributed by atoms with van der Waals surface area (Å²) in [6, 6.07) is 3.93. The van der Waals surface area contributed by atoms with Crippen molar-refractivity contribution in [2.75, 3.05) is 5.32 Å². The quantitative estimate of drug-likeness (QED) is 0.550. The Morgan fingerprint density at radius 3 is 2.65 bits per heavy atom. The molecule has 4 aliphatic rings. The van der Waals surface area contributed by atoms with E-state index >= 15 is 0 Å². The summed E-state index contributed by atoms with van der Waals surface area (Å²) >= 11 is 0. The van der Waals surface area contributed by atoms with Crippen LogP contribution in [-0.2, 0) is 14.6 Å². The number of anilines is 2. The Balaban J connectivity index is 1.16. The van der Waals surface area contributed by atoms with E-state index in [2.05, 4.69) is 15.3 Å². The molecule has 3 heterocycles. The van der Waals surface area contributed by atoms with E-state index in [1.165, 1.54) is 18.5 Å². The lowest BCUT2D eigenvalue weighted by molar-refractivity contribution is 0.0482. The molecule has 11 heteroatoms. The van der Waals surface area contributed by atoms with Crippen LogP contribution in [0.15, 0.2) is 29.4 Å². The maximum Gasteiger partial charge on any atom is 0.410 e. The number of hydrogen-bond acceptors (Lipinski definition) is 8. The monoisotopic (exact) mass is 530 g/mol. The van der Waals surface area contributed by atoms with E-state index in [1.54, 1.807) is 6.92 Å². The number of fused-ring (bicyclic) bond motifs is 2. The molecule has 2 aromatic rings. The molecular weight excluding hydrogens is 499 g/mol. The fraction of sp³-hybridized carbons (Fsp3) is 0.577. The average molecular weight is 531 g/mol. The molecule has 2 saturated heterocycles. The van der Waals surface area contributed by atoms with Crippen LogP contribution in [0.1, 0.15) is 63.9 Å². The van der Waals surface area contributed by atoms with E-state index < -0.39 is 20.9 Å². The number of hydrogen-bond donors (Lipinski definition) is 1. The summed E-state index contributed by atoms with van der Waals surface area (Å²) in [5, 5.41) is 2.53. The van der Waals surface area contributed by atoms with E-state index in [-0.39, 0.29) is 40.5 Å². The highest BCUT2D eigenvalue weighted by Crippen LogP contribution is 2.44. The molecule has 4 fully saturated rings. The summed E-state index contributed by atoms with van der Waals surface area (Å²) in [6.45, 7) is 3.73. The Bertz CT molecular complexity index is 1340. The summed E-state index contributed by atoms with van der Waals surface area (Å²) in [6.07, 6.45) is 7.25. The molecule has 2 bridgehead atoms. The SMILES string of the molecule is Cc1c(Nc2ccc(S(=O)(=O)C3CCC3)cc2F)ncnc1OC1CC2CCC1N2C(=O)OC1(C)CC1. The molecule has 2 aliphatic heterocycles. The van der Waals surface area contributed by atoms with Gasteiger partial charge >= 0.3 is 6.09 Å². The van der Waals surface area contributed by atoms with Crippen LogP contribution in [0.5, 0.6) is 5.88 Å². The molecule has 6 rings (SSSR count). The molecule has 37 heavy (non-hydrogen) atoms. The number of benzene rings is 1. The molecule has 1 aromatic heterocycles. The van der Waals surface area contributed by atoms with Crippen molar-refractivity contribution in [2.24, 2.45) is 0 Å². The number of ether oxygens (including phenoxy) is 2. The van der Waals surface area contributed by atoms with Gasteiger partial charge in [0.15, 0.2) is 9.84 Å². The molecule has 3 atom stereocenters. The van der Waals surface area contributed by atoms with Gasteiger partial charge in [0.2, 0.25) is 5.88 Å². The van der Waals surface area contributed by atoms with Crippen LogP contribution in [-0.4, -0.2) is 58.4 Å². The molecule has 3 unspecified atom stereocenters. The van der Waals surface area contributed by atoms with E-state index in [0.29, 0.717) is 36.5 Å². The van der Waals surface area contributed by atoms with Gasteiger partial charge in [0.1, 0.15) is 29.7 Å². The maximum atomic E-state index is 14.9. The third kappa shape index (κ3) is 4.41. The Hall–Kier alpha value is -2.95. The second-order valence-electron chi connectivity index (χ2n) is 10.9. The lowest BCUT2D eigenvalue weighted by atomic mass is 9.98. The first kappa shape index (κ1) is 24.4. The second-order valence-corrected chi connectivity index (χ2v) is 13.2. The van der Waals surface area contributed by atoms with Crippen LogP contribution < -0.4 is 10.1 Å². The molecule has 1 aromatic carbocycles. The molecule has 2 saturated carbocycles. The number of halogens is 1. The van der Waals surface area contributed by atoms with Crippen LogP contribution in [0.3, 0.4) is 0 Å². The fourth-order valence-electron chi connectivity index (χ4n) is 5.48. The van der Waals surface area contributed by atoms with Gasteiger partial charge in [-0.05, 0) is 70.6 Å². The van der Waals surface area contributed by atoms with Crippen LogP contribution >= 0.6 is 0 Å². The number of amides is 1. The number of sulfone groups is 1. The van der Waals surface area contributed by atoms with Gasteiger partial charge in [-0.2, -0.15) is 0 Å². The smallest absolute Gasteiger partial charge is 0.410 e. The van der Waals surface area contributed by atoms with Gasteiger partial charge in [0, 0.05) is 12.5 Å². The van der Waals surface area contributed by atoms with E-state index in [1.807, 2.05) is 11.8 Å². The van der Waals surface area contributed by atoms with Crippen molar-refractivity contribution in [3.8, 4) is 5.88 Å². The van der Waals surface area contributed by atoms with Crippen LogP contribution in [0.4, 0.5) is 20.7 Å². The van der Waals surface area contributed by atoms with Crippen molar-refractivity contribution in [1.82, 2.24) is 14.9 Å². The first-order chi connectivity index (χ1) is 17.6. The minimum absolute atomic E-state index is 0.00118. The average Bonchev–Trinajstić information content (AvgIpc) is 3.24. The number of carbonyl (C=O) groups is 1. The standard InChI is InChI=1S/C26H31FN4O5S/c1-15-23(30-20-8-7-18(13-19(20)27)37(33,34)17-4-3-5-17)28-14-29-24(15)35-22-12-16-6-9-21(22)31(16)25(32)36-26(2)10-11-26/h7-8,13-14,16-17,21-22H,3-6,9-12H2,1-2H3,(H,28,29,30). The van der Waals surface area contributed by atoms with Gasteiger partial charge in [0.25, 0.3) is 0 Å². The lowest BCUT2D eigenvalue weighted by Crippen LogP contribution is -2.41. The van der Waals surface area contributed by atoms with Crippen molar-refractivity contribution in [3.05, 3.63) is 35.9 Å². The van der Waals surface area contributed by atoms with Crippen LogP contribution in [0, 0.1) is 12.7 Å². The number of rotatable bonds is 7. The Morgan fingerprint density at radius 2 is 1.97 bits per heavy atom. The summed E-state index contributed by atoms with van der Waals surface area (Å²) in [5.74, 6) is 0.0502. The van der Waals surface area contributed by atoms with Crippen molar-refractivity contribution in [1.29, 1.82) is 0 Å². The zero-order chi connectivity index (χ0) is 25.9. The maximum absolute atomic E-state index is 14.9. The first-order valence-corrected chi connectivity index (χ1v) is 14.5. The molecule has 2 aliphatic carbocycles. The third-order valence-electron chi connectivity index (χ3n) is 8.29. The summed E-state index contributed by atoms with van der Waals surface area (Å²) in [7, 11) is -3.51. The van der Waals surface area contributed by atoms with Crippen LogP contribution in [0.25, 0.3) is 0 Å². The number of carbonyl (C=O) groups excluding carboxylic acids is 1. The van der Waals surface area contributed by atoms with E-state index in [9.17, 15) is 17.6 Å². The zero-order valence-electron chi connectivity index (χ0n) is 20.9. The fourth-order valence-corrected chi connectivity index (χ4v) is 7.35. The molecule has 198 valence electrons. The first-order valence-electron chi connectivity index (χ1n) is 12.9. The Morgan fingerprint density at radius 1 is 1.19 bits per heavy atom. The minimum atomic E-state index is -3.51. The number of aromatic nitrogens is 2. The third-order valence-corrected chi connectivity index (χ3v) is 10.6. The van der Waals surface area contributed by atoms with E-state index in [4.69, 9.17) is 9.47 Å². The van der Waals surface area contributed by atoms with Gasteiger partial charge in [0.05, 0.1) is 27.4 Å². The predicted molar refractivity (Wildman–Crippen MR) is 133 cm³/mol.